The third-order valence-corrected chi connectivity index (χ3v) is 1.60. The van der Waals surface area contributed by atoms with Crippen LogP contribution in [0, 0.1) is 0 Å². The molecule has 0 atom stereocenters. The first kappa shape index (κ1) is 7.65. The Labute approximate surface area is 75.9 Å². The average Bonchev–Trinajstić information content (AvgIpc) is 2.47. The third-order valence-electron chi connectivity index (χ3n) is 1.60. The highest BCUT2D eigenvalue weighted by atomic mass is 14.8. The summed E-state index contributed by atoms with van der Waals surface area (Å²) in [5, 5.41) is 0. The van der Waals surface area contributed by atoms with Crippen LogP contribution in [0.4, 0.5) is 0 Å². The van der Waals surface area contributed by atoms with Gasteiger partial charge in [-0.15, -0.1) is 0 Å². The number of rotatable bonds is 1. The van der Waals surface area contributed by atoms with Gasteiger partial charge in [-0.25, -0.2) is 4.98 Å². The lowest BCUT2D eigenvalue weighted by molar-refractivity contribution is 1.18. The van der Waals surface area contributed by atoms with Gasteiger partial charge in [-0.1, -0.05) is 16.8 Å². The van der Waals surface area contributed by atoms with Gasteiger partial charge in [0.15, 0.2) is 5.69 Å². The predicted molar refractivity (Wildman–Crippen MR) is 52.6 cm³/mol. The lowest BCUT2D eigenvalue weighted by atomic mass is 10.2. The molecule has 1 aliphatic rings. The molecule has 0 aromatic carbocycles. The van der Waals surface area contributed by atoms with Crippen molar-refractivity contribution in [2.75, 3.05) is 0 Å². The zero-order chi connectivity index (χ0) is 8.93. The molecule has 62 valence electrons. The summed E-state index contributed by atoms with van der Waals surface area (Å²) in [5.74, 6) is 0. The van der Waals surface area contributed by atoms with E-state index in [9.17, 15) is 0 Å². The van der Waals surface area contributed by atoms with E-state index in [1.165, 1.54) is 0 Å². The van der Waals surface area contributed by atoms with Crippen molar-refractivity contribution in [1.82, 2.24) is 14.6 Å². The Bertz CT molecular complexity index is 409. The molecule has 0 aliphatic carbocycles. The summed E-state index contributed by atoms with van der Waals surface area (Å²) in [6, 6.07) is 0. The van der Waals surface area contributed by atoms with Gasteiger partial charge in [0.2, 0.25) is 0 Å². The van der Waals surface area contributed by atoms with Crippen LogP contribution in [0.2, 0.25) is 0 Å². The van der Waals surface area contributed by atoms with Crippen molar-refractivity contribution in [3.05, 3.63) is 48.6 Å². The van der Waals surface area contributed by atoms with Crippen molar-refractivity contribution in [3.63, 3.8) is 0 Å². The first-order chi connectivity index (χ1) is 6.47. The van der Waals surface area contributed by atoms with Crippen LogP contribution in [-0.2, 0) is 0 Å². The third kappa shape index (κ3) is 1.78. The van der Waals surface area contributed by atoms with Crippen LogP contribution < -0.4 is 4.67 Å². The molecule has 0 bridgehead atoms. The molecular formula is C10H8N3+. The molecule has 0 amide bonds. The molecule has 0 spiro atoms. The molecule has 0 saturated carbocycles. The van der Waals surface area contributed by atoms with E-state index in [-0.39, 0.29) is 0 Å². The van der Waals surface area contributed by atoms with Crippen molar-refractivity contribution in [2.45, 2.75) is 0 Å². The van der Waals surface area contributed by atoms with Gasteiger partial charge in [0.1, 0.15) is 0 Å². The first-order valence-corrected chi connectivity index (χ1v) is 3.97. The lowest BCUT2D eigenvalue weighted by Gasteiger charge is -1.85. The largest absolute Gasteiger partial charge is 0.354 e. The van der Waals surface area contributed by atoms with Gasteiger partial charge in [-0.3, -0.25) is 4.98 Å². The van der Waals surface area contributed by atoms with Crippen LogP contribution in [0.25, 0.3) is 0 Å². The summed E-state index contributed by atoms with van der Waals surface area (Å²) in [4.78, 5) is 8.13. The van der Waals surface area contributed by atoms with E-state index >= 15 is 0 Å². The van der Waals surface area contributed by atoms with E-state index in [0.29, 0.717) is 0 Å². The van der Waals surface area contributed by atoms with Crippen LogP contribution in [0.1, 0.15) is 5.69 Å². The van der Waals surface area contributed by atoms with E-state index in [1.54, 1.807) is 24.8 Å². The van der Waals surface area contributed by atoms with E-state index in [2.05, 4.69) is 14.6 Å². The Hall–Kier alpha value is -1.99. The Morgan fingerprint density at radius 1 is 1.08 bits per heavy atom. The highest BCUT2D eigenvalue weighted by Crippen LogP contribution is 1.94. The minimum Gasteiger partial charge on any atom is -0.261 e. The van der Waals surface area contributed by atoms with Gasteiger partial charge in [-0.2, -0.15) is 0 Å². The summed E-state index contributed by atoms with van der Waals surface area (Å²) in [6.07, 6.45) is 14.4. The normalized spacial score (nSPS) is 14.0. The van der Waals surface area contributed by atoms with Crippen molar-refractivity contribution >= 4 is 11.9 Å². The topological polar surface area (TPSA) is 39.9 Å². The lowest BCUT2D eigenvalue weighted by Crippen LogP contribution is -2.03. The number of aromatic nitrogens is 2. The molecule has 2 heterocycles. The molecule has 13 heavy (non-hydrogen) atoms. The summed E-state index contributed by atoms with van der Waals surface area (Å²) in [6.45, 7) is 0. The van der Waals surface area contributed by atoms with E-state index < -0.39 is 0 Å². The van der Waals surface area contributed by atoms with Crippen LogP contribution in [-0.4, -0.2) is 21.9 Å². The fourth-order valence-electron chi connectivity index (χ4n) is 1.01. The molecule has 0 N–H and O–H groups in total. The van der Waals surface area contributed by atoms with Crippen LogP contribution in [0.15, 0.2) is 42.9 Å². The molecule has 3 nitrogen and oxygen atoms in total. The Kier molecular flexibility index (Phi) is 2.12. The fourth-order valence-corrected chi connectivity index (χ4v) is 1.01. The maximum atomic E-state index is 4.21. The molecule has 0 fully saturated rings. The van der Waals surface area contributed by atoms with Crippen molar-refractivity contribution in [1.29, 1.82) is 0 Å². The molecular weight excluding hydrogens is 162 g/mol. The second-order valence-corrected chi connectivity index (χ2v) is 2.50. The van der Waals surface area contributed by atoms with E-state index in [0.717, 1.165) is 11.4 Å². The molecule has 1 aromatic rings. The first-order valence-electron chi connectivity index (χ1n) is 3.97. The number of hydrogen-bond donors (Lipinski definition) is 0. The van der Waals surface area contributed by atoms with Crippen LogP contribution >= 0.6 is 0 Å². The molecule has 1 aliphatic heterocycles. The molecule has 0 radical (unpaired) electrons. The Morgan fingerprint density at radius 3 is 2.92 bits per heavy atom. The predicted octanol–water partition coefficient (Wildman–Crippen LogP) is 0.530. The van der Waals surface area contributed by atoms with E-state index in [1.807, 2.05) is 24.3 Å². The van der Waals surface area contributed by atoms with E-state index in [4.69, 9.17) is 0 Å². The van der Waals surface area contributed by atoms with Gasteiger partial charge in [0, 0.05) is 24.5 Å². The Morgan fingerprint density at radius 2 is 2.08 bits per heavy atom. The van der Waals surface area contributed by atoms with Gasteiger partial charge in [0.05, 0.1) is 6.20 Å². The Balaban J connectivity index is 2.43. The van der Waals surface area contributed by atoms with Gasteiger partial charge >= 0.3 is 5.71 Å². The smallest absolute Gasteiger partial charge is 0.261 e. The second-order valence-electron chi connectivity index (χ2n) is 2.50. The molecule has 3 heteroatoms. The van der Waals surface area contributed by atoms with Crippen LogP contribution in [0.5, 0.6) is 0 Å². The second kappa shape index (κ2) is 3.61. The maximum absolute atomic E-state index is 4.21. The fraction of sp³-hybridized carbons (Fsp3) is 0. The SMILES string of the molecule is C1=CC=[N+]=C(c2cnccn2)C=C1. The maximum Gasteiger partial charge on any atom is 0.354 e. The quantitative estimate of drug-likeness (QED) is 0.577. The highest BCUT2D eigenvalue weighted by molar-refractivity contribution is 6.08. The molecule has 2 rings (SSSR count). The number of hydrogen-bond acceptors (Lipinski definition) is 2. The zero-order valence-electron chi connectivity index (χ0n) is 6.96. The summed E-state index contributed by atoms with van der Waals surface area (Å²) < 4.78 is 4.21. The van der Waals surface area contributed by atoms with Crippen LogP contribution in [0.3, 0.4) is 0 Å². The minimum absolute atomic E-state index is 0.790. The summed E-state index contributed by atoms with van der Waals surface area (Å²) >= 11 is 0. The minimum atomic E-state index is 0.790. The monoisotopic (exact) mass is 170 g/mol. The van der Waals surface area contributed by atoms with Crippen molar-refractivity contribution < 1.29 is 0 Å². The standard InChI is InChI=1S/C10H8N3/c1-2-4-9(12-5-3-1)10-8-11-6-7-13-10/h1-8H/q+1. The average molecular weight is 170 g/mol. The summed E-state index contributed by atoms with van der Waals surface area (Å²) in [5.41, 5.74) is 1.62. The molecule has 0 saturated heterocycles. The zero-order valence-corrected chi connectivity index (χ0v) is 6.96. The summed E-state index contributed by atoms with van der Waals surface area (Å²) in [7, 11) is 0. The van der Waals surface area contributed by atoms with Gasteiger partial charge in [0.25, 0.3) is 6.21 Å². The molecule has 0 unspecified atom stereocenters. The van der Waals surface area contributed by atoms with Gasteiger partial charge in [-0.05, 0) is 0 Å². The number of allylic oxidation sites excluding steroid dienone is 4. The number of nitrogens with zero attached hydrogens (tertiary/aromatic N) is 3. The van der Waals surface area contributed by atoms with Crippen molar-refractivity contribution in [2.24, 2.45) is 0 Å². The van der Waals surface area contributed by atoms with Crippen molar-refractivity contribution in [3.8, 4) is 0 Å². The molecule has 1 aromatic heterocycles. The van der Waals surface area contributed by atoms with Gasteiger partial charge < -0.3 is 0 Å². The highest BCUT2D eigenvalue weighted by Gasteiger charge is 2.10.